The number of nitrogens with zero attached hydrogens (tertiary/aromatic N) is 3. The molecule has 0 radical (unpaired) electrons. The highest BCUT2D eigenvalue weighted by molar-refractivity contribution is 5.82. The number of aromatic nitrogens is 2. The molecule has 3 heterocycles. The summed E-state index contributed by atoms with van der Waals surface area (Å²) in [5.74, 6) is -0.0449. The molecule has 2 aromatic heterocycles. The average Bonchev–Trinajstić information content (AvgIpc) is 3.09. The van der Waals surface area contributed by atoms with Crippen LogP contribution in [-0.2, 0) is 16.1 Å². The molecule has 0 unspecified atom stereocenters. The van der Waals surface area contributed by atoms with Crippen LogP contribution in [0.2, 0.25) is 0 Å². The number of para-hydroxylation sites is 2. The first-order valence-corrected chi connectivity index (χ1v) is 7.70. The molecule has 1 amide bonds. The normalized spacial score (nSPS) is 15.4. The highest BCUT2D eigenvalue weighted by atomic mass is 16.5. The second-order valence-electron chi connectivity index (χ2n) is 5.64. The van der Waals surface area contributed by atoms with E-state index in [0.29, 0.717) is 31.8 Å². The van der Waals surface area contributed by atoms with Crippen LogP contribution in [0.1, 0.15) is 0 Å². The maximum absolute atomic E-state index is 12.8. The number of benzene rings is 1. The highest BCUT2D eigenvalue weighted by Crippen LogP contribution is 2.15. The number of fused-ring (bicyclic) bond motifs is 3. The maximum atomic E-state index is 12.8. The van der Waals surface area contributed by atoms with Crippen LogP contribution < -0.4 is 5.56 Å². The standard InChI is InChI=1S/C17H17N3O3/c21-16(18-8-10-23-11-9-18)12-20-14-5-2-1-4-13(14)19-7-3-6-15(19)17(20)22/h1-7H,8-12H2. The van der Waals surface area contributed by atoms with Gasteiger partial charge in [-0.1, -0.05) is 12.1 Å². The maximum Gasteiger partial charge on any atom is 0.275 e. The van der Waals surface area contributed by atoms with Crippen LogP contribution >= 0.6 is 0 Å². The summed E-state index contributed by atoms with van der Waals surface area (Å²) in [5, 5.41) is 0. The van der Waals surface area contributed by atoms with Crippen molar-refractivity contribution < 1.29 is 9.53 Å². The van der Waals surface area contributed by atoms with Crippen LogP contribution in [0.4, 0.5) is 0 Å². The molecule has 1 aromatic carbocycles. The van der Waals surface area contributed by atoms with Gasteiger partial charge in [-0.2, -0.15) is 0 Å². The Labute approximate surface area is 132 Å². The summed E-state index contributed by atoms with van der Waals surface area (Å²) in [6.45, 7) is 2.33. The fraction of sp³-hybridized carbons (Fsp3) is 0.294. The minimum atomic E-state index is -0.143. The van der Waals surface area contributed by atoms with E-state index < -0.39 is 0 Å². The van der Waals surface area contributed by atoms with Crippen LogP contribution in [0.5, 0.6) is 0 Å². The van der Waals surface area contributed by atoms with E-state index in [2.05, 4.69) is 0 Å². The number of carbonyl (C=O) groups is 1. The van der Waals surface area contributed by atoms with E-state index >= 15 is 0 Å². The van der Waals surface area contributed by atoms with Gasteiger partial charge in [0.25, 0.3) is 5.56 Å². The Balaban J connectivity index is 1.83. The summed E-state index contributed by atoms with van der Waals surface area (Å²) < 4.78 is 8.72. The Kier molecular flexibility index (Phi) is 3.38. The van der Waals surface area contributed by atoms with Crippen LogP contribution in [0.25, 0.3) is 16.6 Å². The minimum Gasteiger partial charge on any atom is -0.378 e. The minimum absolute atomic E-state index is 0.0449. The van der Waals surface area contributed by atoms with Crippen LogP contribution in [0.15, 0.2) is 47.4 Å². The van der Waals surface area contributed by atoms with Crippen molar-refractivity contribution in [1.29, 1.82) is 0 Å². The Morgan fingerprint density at radius 1 is 1.00 bits per heavy atom. The zero-order chi connectivity index (χ0) is 15.8. The Morgan fingerprint density at radius 3 is 2.48 bits per heavy atom. The lowest BCUT2D eigenvalue weighted by Gasteiger charge is -2.27. The fourth-order valence-corrected chi connectivity index (χ4v) is 3.11. The van der Waals surface area contributed by atoms with Crippen molar-refractivity contribution in [3.05, 3.63) is 52.9 Å². The quantitative estimate of drug-likeness (QED) is 0.712. The van der Waals surface area contributed by atoms with Gasteiger partial charge in [0.05, 0.1) is 24.2 Å². The third-order valence-corrected chi connectivity index (χ3v) is 4.30. The summed E-state index contributed by atoms with van der Waals surface area (Å²) >= 11 is 0. The lowest BCUT2D eigenvalue weighted by atomic mass is 10.2. The van der Waals surface area contributed by atoms with E-state index in [1.54, 1.807) is 15.5 Å². The predicted molar refractivity (Wildman–Crippen MR) is 86.6 cm³/mol. The smallest absolute Gasteiger partial charge is 0.275 e. The van der Waals surface area contributed by atoms with Gasteiger partial charge in [-0.25, -0.2) is 0 Å². The second kappa shape index (κ2) is 5.55. The number of hydrogen-bond donors (Lipinski definition) is 0. The Bertz CT molecular complexity index is 935. The molecule has 6 heteroatoms. The van der Waals surface area contributed by atoms with E-state index in [0.717, 1.165) is 11.0 Å². The topological polar surface area (TPSA) is 56.0 Å². The summed E-state index contributed by atoms with van der Waals surface area (Å²) in [7, 11) is 0. The van der Waals surface area contributed by atoms with Crippen molar-refractivity contribution in [2.24, 2.45) is 0 Å². The molecule has 0 aliphatic carbocycles. The molecule has 1 saturated heterocycles. The molecule has 0 saturated carbocycles. The molecule has 1 aliphatic rings. The van der Waals surface area contributed by atoms with Gasteiger partial charge >= 0.3 is 0 Å². The number of ether oxygens (including phenoxy) is 1. The lowest BCUT2D eigenvalue weighted by Crippen LogP contribution is -2.43. The number of morpholine rings is 1. The number of rotatable bonds is 2. The van der Waals surface area contributed by atoms with Crippen LogP contribution in [-0.4, -0.2) is 46.1 Å². The molecule has 4 rings (SSSR count). The van der Waals surface area contributed by atoms with Crippen molar-refractivity contribution in [1.82, 2.24) is 13.9 Å². The van der Waals surface area contributed by atoms with Gasteiger partial charge in [0.15, 0.2) is 0 Å². The number of hydrogen-bond acceptors (Lipinski definition) is 3. The molecular weight excluding hydrogens is 294 g/mol. The van der Waals surface area contributed by atoms with Gasteiger partial charge in [0, 0.05) is 19.3 Å². The van der Waals surface area contributed by atoms with E-state index in [1.807, 2.05) is 40.9 Å². The molecule has 0 N–H and O–H groups in total. The first-order valence-electron chi connectivity index (χ1n) is 7.70. The van der Waals surface area contributed by atoms with Gasteiger partial charge in [-0.05, 0) is 24.3 Å². The van der Waals surface area contributed by atoms with Crippen molar-refractivity contribution in [3.63, 3.8) is 0 Å². The number of carbonyl (C=O) groups excluding carboxylic acids is 1. The average molecular weight is 311 g/mol. The first kappa shape index (κ1) is 14.0. The van der Waals surface area contributed by atoms with Crippen molar-refractivity contribution >= 4 is 22.5 Å². The molecule has 6 nitrogen and oxygen atoms in total. The van der Waals surface area contributed by atoms with E-state index in [9.17, 15) is 9.59 Å². The third-order valence-electron chi connectivity index (χ3n) is 4.30. The molecule has 118 valence electrons. The molecule has 1 fully saturated rings. The van der Waals surface area contributed by atoms with Crippen LogP contribution in [0, 0.1) is 0 Å². The van der Waals surface area contributed by atoms with Crippen molar-refractivity contribution in [2.75, 3.05) is 26.3 Å². The molecular formula is C17H17N3O3. The molecule has 1 aliphatic heterocycles. The van der Waals surface area contributed by atoms with Gasteiger partial charge in [0.2, 0.25) is 5.91 Å². The van der Waals surface area contributed by atoms with Gasteiger partial charge < -0.3 is 14.0 Å². The zero-order valence-corrected chi connectivity index (χ0v) is 12.6. The van der Waals surface area contributed by atoms with E-state index in [-0.39, 0.29) is 18.0 Å². The Morgan fingerprint density at radius 2 is 1.70 bits per heavy atom. The van der Waals surface area contributed by atoms with Crippen molar-refractivity contribution in [2.45, 2.75) is 6.54 Å². The SMILES string of the molecule is O=C(Cn1c(=O)c2cccn2c2ccccc21)N1CCOCC1. The Hall–Kier alpha value is -2.60. The lowest BCUT2D eigenvalue weighted by molar-refractivity contribution is -0.135. The second-order valence-corrected chi connectivity index (χ2v) is 5.64. The van der Waals surface area contributed by atoms with Gasteiger partial charge in [-0.15, -0.1) is 0 Å². The summed E-state index contributed by atoms with van der Waals surface area (Å²) in [5.41, 5.74) is 2.12. The first-order chi connectivity index (χ1) is 11.3. The molecule has 0 bridgehead atoms. The summed E-state index contributed by atoms with van der Waals surface area (Å²) in [6, 6.07) is 11.3. The highest BCUT2D eigenvalue weighted by Gasteiger charge is 2.19. The van der Waals surface area contributed by atoms with Gasteiger partial charge in [0.1, 0.15) is 12.1 Å². The monoisotopic (exact) mass is 311 g/mol. The van der Waals surface area contributed by atoms with Crippen molar-refractivity contribution in [3.8, 4) is 0 Å². The van der Waals surface area contributed by atoms with E-state index in [4.69, 9.17) is 4.74 Å². The molecule has 23 heavy (non-hydrogen) atoms. The predicted octanol–water partition coefficient (Wildman–Crippen LogP) is 1.11. The van der Waals surface area contributed by atoms with E-state index in [1.165, 1.54) is 0 Å². The summed E-state index contributed by atoms with van der Waals surface area (Å²) in [4.78, 5) is 27.1. The zero-order valence-electron chi connectivity index (χ0n) is 12.6. The third kappa shape index (κ3) is 2.31. The molecule has 3 aromatic rings. The van der Waals surface area contributed by atoms with Gasteiger partial charge in [-0.3, -0.25) is 14.2 Å². The molecule has 0 atom stereocenters. The molecule has 0 spiro atoms. The largest absolute Gasteiger partial charge is 0.378 e. The summed E-state index contributed by atoms with van der Waals surface area (Å²) in [6.07, 6.45) is 1.87. The number of amides is 1. The fourth-order valence-electron chi connectivity index (χ4n) is 3.11. The van der Waals surface area contributed by atoms with Crippen LogP contribution in [0.3, 0.4) is 0 Å².